The van der Waals surface area contributed by atoms with Crippen LogP contribution in [0.15, 0.2) is 22.8 Å². The van der Waals surface area contributed by atoms with Gasteiger partial charge < -0.3 is 0 Å². The van der Waals surface area contributed by atoms with Gasteiger partial charge in [0.15, 0.2) is 5.78 Å². The van der Waals surface area contributed by atoms with E-state index in [1.54, 1.807) is 25.3 Å². The standard InChI is InChI=1S/C8H7Br2NO/c1-5(9)8(12)7-3-2-6(10)4-11-7/h2-5H,1H3. The number of pyridine rings is 1. The smallest absolute Gasteiger partial charge is 0.194 e. The van der Waals surface area contributed by atoms with Crippen LogP contribution in [-0.4, -0.2) is 15.6 Å². The van der Waals surface area contributed by atoms with Gasteiger partial charge in [-0.3, -0.25) is 9.78 Å². The van der Waals surface area contributed by atoms with E-state index in [1.807, 2.05) is 0 Å². The minimum Gasteiger partial charge on any atom is -0.291 e. The van der Waals surface area contributed by atoms with Crippen LogP contribution >= 0.6 is 31.9 Å². The Morgan fingerprint density at radius 2 is 2.25 bits per heavy atom. The zero-order chi connectivity index (χ0) is 9.14. The van der Waals surface area contributed by atoms with Gasteiger partial charge in [0.1, 0.15) is 5.69 Å². The molecule has 0 fully saturated rings. The van der Waals surface area contributed by atoms with Gasteiger partial charge in [0.05, 0.1) is 4.83 Å². The van der Waals surface area contributed by atoms with Crippen LogP contribution in [0.3, 0.4) is 0 Å². The molecule has 1 rings (SSSR count). The number of ketones is 1. The van der Waals surface area contributed by atoms with Gasteiger partial charge in [-0.25, -0.2) is 0 Å². The Bertz CT molecular complexity index is 282. The summed E-state index contributed by atoms with van der Waals surface area (Å²) in [6.45, 7) is 1.78. The molecule has 0 aliphatic carbocycles. The average molecular weight is 293 g/mol. The highest BCUT2D eigenvalue weighted by Crippen LogP contribution is 2.11. The Morgan fingerprint density at radius 3 is 2.67 bits per heavy atom. The van der Waals surface area contributed by atoms with Crippen LogP contribution in [0.5, 0.6) is 0 Å². The zero-order valence-corrected chi connectivity index (χ0v) is 9.59. The van der Waals surface area contributed by atoms with Crippen molar-refractivity contribution in [1.29, 1.82) is 0 Å². The molecule has 1 aromatic rings. The van der Waals surface area contributed by atoms with Gasteiger partial charge in [0, 0.05) is 10.7 Å². The number of carbonyl (C=O) groups is 1. The third-order valence-corrected chi connectivity index (χ3v) is 2.23. The van der Waals surface area contributed by atoms with Crippen molar-refractivity contribution in [1.82, 2.24) is 4.98 Å². The first-order valence-electron chi connectivity index (χ1n) is 3.41. The van der Waals surface area contributed by atoms with E-state index < -0.39 is 0 Å². The predicted molar refractivity (Wildman–Crippen MR) is 54.7 cm³/mol. The third-order valence-electron chi connectivity index (χ3n) is 1.34. The first kappa shape index (κ1) is 9.86. The van der Waals surface area contributed by atoms with E-state index in [2.05, 4.69) is 36.8 Å². The molecule has 0 saturated heterocycles. The second-order valence-corrected chi connectivity index (χ2v) is 4.63. The number of rotatable bonds is 2. The molecule has 0 aliphatic rings. The lowest BCUT2D eigenvalue weighted by molar-refractivity contribution is 0.0991. The van der Waals surface area contributed by atoms with Gasteiger partial charge in [0.2, 0.25) is 0 Å². The van der Waals surface area contributed by atoms with Crippen LogP contribution in [0.4, 0.5) is 0 Å². The van der Waals surface area contributed by atoms with Crippen LogP contribution in [0.2, 0.25) is 0 Å². The highest BCUT2D eigenvalue weighted by atomic mass is 79.9. The largest absolute Gasteiger partial charge is 0.291 e. The molecule has 64 valence electrons. The normalized spacial score (nSPS) is 12.6. The van der Waals surface area contributed by atoms with E-state index in [-0.39, 0.29) is 10.6 Å². The molecule has 12 heavy (non-hydrogen) atoms. The van der Waals surface area contributed by atoms with Crippen molar-refractivity contribution < 1.29 is 4.79 Å². The van der Waals surface area contributed by atoms with Crippen molar-refractivity contribution >= 4 is 37.6 Å². The maximum Gasteiger partial charge on any atom is 0.194 e. The lowest BCUT2D eigenvalue weighted by Gasteiger charge is -2.00. The highest BCUT2D eigenvalue weighted by molar-refractivity contribution is 9.10. The van der Waals surface area contributed by atoms with Crippen LogP contribution < -0.4 is 0 Å². The Morgan fingerprint density at radius 1 is 1.58 bits per heavy atom. The van der Waals surface area contributed by atoms with Gasteiger partial charge in [0.25, 0.3) is 0 Å². The average Bonchev–Trinajstić information content (AvgIpc) is 2.04. The van der Waals surface area contributed by atoms with Crippen molar-refractivity contribution in [3.63, 3.8) is 0 Å². The molecule has 1 atom stereocenters. The van der Waals surface area contributed by atoms with Gasteiger partial charge in [-0.05, 0) is 35.0 Å². The van der Waals surface area contributed by atoms with Gasteiger partial charge in [-0.15, -0.1) is 0 Å². The number of hydrogen-bond acceptors (Lipinski definition) is 2. The van der Waals surface area contributed by atoms with Gasteiger partial charge in [-0.2, -0.15) is 0 Å². The number of Topliss-reactive ketones (excluding diaryl/α,β-unsaturated/α-hetero) is 1. The first-order chi connectivity index (χ1) is 5.61. The van der Waals surface area contributed by atoms with Crippen LogP contribution in [0.25, 0.3) is 0 Å². The second-order valence-electron chi connectivity index (χ2n) is 2.34. The van der Waals surface area contributed by atoms with Crippen molar-refractivity contribution in [2.24, 2.45) is 0 Å². The van der Waals surface area contributed by atoms with Crippen molar-refractivity contribution in [3.8, 4) is 0 Å². The molecule has 0 N–H and O–H groups in total. The lowest BCUT2D eigenvalue weighted by atomic mass is 10.2. The summed E-state index contributed by atoms with van der Waals surface area (Å²) in [6, 6.07) is 3.50. The Hall–Kier alpha value is -0.220. The number of hydrogen-bond donors (Lipinski definition) is 0. The minimum atomic E-state index is -0.175. The summed E-state index contributed by atoms with van der Waals surface area (Å²) in [6.07, 6.45) is 1.61. The summed E-state index contributed by atoms with van der Waals surface area (Å²) < 4.78 is 0.876. The molecule has 1 aromatic heterocycles. The fraction of sp³-hybridized carbons (Fsp3) is 0.250. The summed E-state index contributed by atoms with van der Waals surface area (Å²) in [5.41, 5.74) is 0.488. The van der Waals surface area contributed by atoms with Crippen molar-refractivity contribution in [2.75, 3.05) is 0 Å². The molecular weight excluding hydrogens is 286 g/mol. The molecule has 4 heteroatoms. The van der Waals surface area contributed by atoms with Crippen LogP contribution in [0, 0.1) is 0 Å². The zero-order valence-electron chi connectivity index (χ0n) is 6.42. The molecule has 1 heterocycles. The fourth-order valence-electron chi connectivity index (χ4n) is 0.725. The van der Waals surface area contributed by atoms with E-state index in [1.165, 1.54) is 0 Å². The first-order valence-corrected chi connectivity index (χ1v) is 5.12. The highest BCUT2D eigenvalue weighted by Gasteiger charge is 2.12. The van der Waals surface area contributed by atoms with E-state index in [4.69, 9.17) is 0 Å². The van der Waals surface area contributed by atoms with E-state index in [9.17, 15) is 4.79 Å². The maximum absolute atomic E-state index is 11.3. The lowest BCUT2D eigenvalue weighted by Crippen LogP contribution is -2.11. The fourth-order valence-corrected chi connectivity index (χ4v) is 1.19. The monoisotopic (exact) mass is 291 g/mol. The molecule has 0 aliphatic heterocycles. The number of aromatic nitrogens is 1. The number of halogens is 2. The summed E-state index contributed by atoms with van der Waals surface area (Å²) in [5, 5.41) is 0. The van der Waals surface area contributed by atoms with Crippen LogP contribution in [-0.2, 0) is 0 Å². The number of carbonyl (C=O) groups excluding carboxylic acids is 1. The molecule has 0 aromatic carbocycles. The molecular formula is C8H7Br2NO. The summed E-state index contributed by atoms with van der Waals surface area (Å²) in [5.74, 6) is 0.00231. The summed E-state index contributed by atoms with van der Waals surface area (Å²) in [7, 11) is 0. The van der Waals surface area contributed by atoms with Gasteiger partial charge >= 0.3 is 0 Å². The minimum absolute atomic E-state index is 0.00231. The molecule has 1 unspecified atom stereocenters. The Balaban J connectivity index is 2.90. The molecule has 0 radical (unpaired) electrons. The van der Waals surface area contributed by atoms with E-state index in [0.717, 1.165) is 4.47 Å². The molecule has 0 saturated carbocycles. The van der Waals surface area contributed by atoms with Crippen molar-refractivity contribution in [2.45, 2.75) is 11.8 Å². The maximum atomic E-state index is 11.3. The number of nitrogens with zero attached hydrogens (tertiary/aromatic N) is 1. The van der Waals surface area contributed by atoms with Crippen LogP contribution in [0.1, 0.15) is 17.4 Å². The predicted octanol–water partition coefficient (Wildman–Crippen LogP) is 2.81. The van der Waals surface area contributed by atoms with Gasteiger partial charge in [-0.1, -0.05) is 15.9 Å². The molecule has 0 spiro atoms. The van der Waals surface area contributed by atoms with E-state index >= 15 is 0 Å². The number of alkyl halides is 1. The summed E-state index contributed by atoms with van der Waals surface area (Å²) in [4.78, 5) is 15.1. The van der Waals surface area contributed by atoms with Crippen molar-refractivity contribution in [3.05, 3.63) is 28.5 Å². The third kappa shape index (κ3) is 2.38. The SMILES string of the molecule is CC(Br)C(=O)c1ccc(Br)cn1. The Labute approximate surface area is 87.6 Å². The molecule has 2 nitrogen and oxygen atoms in total. The second kappa shape index (κ2) is 4.14. The summed E-state index contributed by atoms with van der Waals surface area (Å²) >= 11 is 6.44. The molecule has 0 amide bonds. The topological polar surface area (TPSA) is 30.0 Å². The quantitative estimate of drug-likeness (QED) is 0.620. The Kier molecular flexibility index (Phi) is 3.40. The van der Waals surface area contributed by atoms with E-state index in [0.29, 0.717) is 5.69 Å². The molecule has 0 bridgehead atoms.